The monoisotopic (exact) mass is 204 g/mol. The number of rotatable bonds is 3. The fourth-order valence-electron chi connectivity index (χ4n) is 1.32. The predicted octanol–water partition coefficient (Wildman–Crippen LogP) is 0.790. The minimum atomic E-state index is -0.923. The molecule has 13 heavy (non-hydrogen) atoms. The van der Waals surface area contributed by atoms with E-state index in [0.29, 0.717) is 6.04 Å². The predicted molar refractivity (Wildman–Crippen MR) is 56.9 cm³/mol. The quantitative estimate of drug-likeness (QED) is 0.713. The third-order valence-corrected chi connectivity index (χ3v) is 3.72. The van der Waals surface area contributed by atoms with E-state index in [1.165, 1.54) is 12.8 Å². The molecule has 0 bridgehead atoms. The molecule has 0 aliphatic carbocycles. The van der Waals surface area contributed by atoms with Crippen LogP contribution in [-0.2, 0) is 11.0 Å². The Hall–Kier alpha value is 0.0700. The third kappa shape index (κ3) is 3.75. The van der Waals surface area contributed by atoms with Gasteiger partial charge in [-0.3, -0.25) is 0 Å². The summed E-state index contributed by atoms with van der Waals surface area (Å²) in [5.41, 5.74) is 0. The molecule has 0 spiro atoms. The molecule has 0 radical (unpaired) electrons. The Bertz CT molecular complexity index is 183. The van der Waals surface area contributed by atoms with Crippen LogP contribution in [0.15, 0.2) is 0 Å². The Kier molecular flexibility index (Phi) is 3.88. The zero-order valence-electron chi connectivity index (χ0n) is 8.72. The molecule has 0 aromatic heterocycles. The molecule has 1 fully saturated rings. The molecule has 4 heteroatoms. The van der Waals surface area contributed by atoms with E-state index in [4.69, 9.17) is 0 Å². The van der Waals surface area contributed by atoms with Crippen LogP contribution >= 0.6 is 0 Å². The summed E-state index contributed by atoms with van der Waals surface area (Å²) < 4.78 is 14.5. The lowest BCUT2D eigenvalue weighted by Gasteiger charge is -2.19. The summed E-state index contributed by atoms with van der Waals surface area (Å²) in [4.78, 5) is 0. The molecule has 0 amide bonds. The van der Waals surface area contributed by atoms with Crippen LogP contribution in [0.3, 0.4) is 0 Å². The van der Waals surface area contributed by atoms with Crippen molar-refractivity contribution in [2.45, 2.75) is 44.4 Å². The highest BCUT2D eigenvalue weighted by atomic mass is 32.2. The Labute approximate surface area is 83.3 Å². The molecule has 78 valence electrons. The molecule has 0 saturated carbocycles. The highest BCUT2D eigenvalue weighted by Crippen LogP contribution is 2.09. The van der Waals surface area contributed by atoms with Crippen LogP contribution in [0, 0.1) is 0 Å². The van der Waals surface area contributed by atoms with Crippen LogP contribution in [0.25, 0.3) is 0 Å². The van der Waals surface area contributed by atoms with Crippen LogP contribution in [-0.4, -0.2) is 28.1 Å². The lowest BCUT2D eigenvalue weighted by molar-refractivity contribution is 0.577. The van der Waals surface area contributed by atoms with Gasteiger partial charge in [0.25, 0.3) is 0 Å². The largest absolute Gasteiger partial charge is 0.313 e. The number of hydrogen-bond acceptors (Lipinski definition) is 2. The summed E-state index contributed by atoms with van der Waals surface area (Å²) in [6, 6.07) is 0.520. The van der Waals surface area contributed by atoms with Crippen molar-refractivity contribution < 1.29 is 4.21 Å². The summed E-state index contributed by atoms with van der Waals surface area (Å²) in [5, 5.41) is 3.37. The van der Waals surface area contributed by atoms with Gasteiger partial charge in [-0.1, -0.05) is 0 Å². The van der Waals surface area contributed by atoms with Gasteiger partial charge in [0.2, 0.25) is 0 Å². The van der Waals surface area contributed by atoms with Gasteiger partial charge in [-0.2, -0.15) is 0 Å². The van der Waals surface area contributed by atoms with Crippen LogP contribution in [0.2, 0.25) is 0 Å². The molecule has 2 N–H and O–H groups in total. The van der Waals surface area contributed by atoms with Gasteiger partial charge in [-0.05, 0) is 40.2 Å². The number of nitrogens with one attached hydrogen (secondary N) is 2. The minimum absolute atomic E-state index is 0.154. The lowest BCUT2D eigenvalue weighted by Crippen LogP contribution is -2.40. The first-order valence-electron chi connectivity index (χ1n) is 4.89. The fraction of sp³-hybridized carbons (Fsp3) is 1.00. The lowest BCUT2D eigenvalue weighted by atomic mass is 10.2. The Morgan fingerprint density at radius 1 is 1.54 bits per heavy atom. The fourth-order valence-corrected chi connectivity index (χ4v) is 2.11. The van der Waals surface area contributed by atoms with Crippen molar-refractivity contribution in [2.75, 3.05) is 13.1 Å². The molecule has 1 aliphatic rings. The van der Waals surface area contributed by atoms with Gasteiger partial charge in [0.1, 0.15) is 0 Å². The van der Waals surface area contributed by atoms with Crippen molar-refractivity contribution in [1.29, 1.82) is 0 Å². The minimum Gasteiger partial charge on any atom is -0.313 e. The second-order valence-corrected chi connectivity index (χ2v) is 6.57. The maximum atomic E-state index is 11.6. The van der Waals surface area contributed by atoms with Gasteiger partial charge in [0.05, 0.1) is 15.7 Å². The van der Waals surface area contributed by atoms with Crippen LogP contribution < -0.4 is 10.0 Å². The zero-order valence-corrected chi connectivity index (χ0v) is 9.54. The SMILES string of the molecule is CC(C)(C)S(=O)NC[C@@H]1CCCN1. The highest BCUT2D eigenvalue weighted by molar-refractivity contribution is 7.84. The van der Waals surface area contributed by atoms with E-state index in [1.54, 1.807) is 0 Å². The van der Waals surface area contributed by atoms with Gasteiger partial charge < -0.3 is 5.32 Å². The third-order valence-electron chi connectivity index (χ3n) is 2.18. The van der Waals surface area contributed by atoms with Crippen molar-refractivity contribution in [1.82, 2.24) is 10.0 Å². The molecule has 1 unspecified atom stereocenters. The van der Waals surface area contributed by atoms with Crippen molar-refractivity contribution in [3.8, 4) is 0 Å². The highest BCUT2D eigenvalue weighted by Gasteiger charge is 2.21. The molecular formula is C9H20N2OS. The summed E-state index contributed by atoms with van der Waals surface area (Å²) in [6.45, 7) is 7.88. The van der Waals surface area contributed by atoms with Crippen molar-refractivity contribution in [3.05, 3.63) is 0 Å². The first-order valence-corrected chi connectivity index (χ1v) is 6.04. The molecule has 1 aliphatic heterocycles. The van der Waals surface area contributed by atoms with E-state index in [2.05, 4.69) is 10.0 Å². The van der Waals surface area contributed by atoms with Gasteiger partial charge in [0.15, 0.2) is 0 Å². The van der Waals surface area contributed by atoms with E-state index in [-0.39, 0.29) is 4.75 Å². The summed E-state index contributed by atoms with van der Waals surface area (Å²) >= 11 is 0. The average molecular weight is 204 g/mol. The van der Waals surface area contributed by atoms with Crippen molar-refractivity contribution in [3.63, 3.8) is 0 Å². The van der Waals surface area contributed by atoms with Gasteiger partial charge >= 0.3 is 0 Å². The Morgan fingerprint density at radius 2 is 2.23 bits per heavy atom. The van der Waals surface area contributed by atoms with Gasteiger partial charge in [0, 0.05) is 12.6 Å². The maximum absolute atomic E-state index is 11.6. The van der Waals surface area contributed by atoms with Crippen LogP contribution in [0.1, 0.15) is 33.6 Å². The van der Waals surface area contributed by atoms with Crippen LogP contribution in [0.5, 0.6) is 0 Å². The molecular weight excluding hydrogens is 184 g/mol. The van der Waals surface area contributed by atoms with E-state index < -0.39 is 11.0 Å². The normalized spacial score (nSPS) is 26.2. The molecule has 2 atom stereocenters. The Balaban J connectivity index is 2.22. The molecule has 1 rings (SSSR count). The van der Waals surface area contributed by atoms with E-state index in [0.717, 1.165) is 13.1 Å². The molecule has 1 saturated heterocycles. The van der Waals surface area contributed by atoms with Crippen molar-refractivity contribution in [2.24, 2.45) is 0 Å². The molecule has 0 aromatic rings. The second kappa shape index (κ2) is 4.53. The van der Waals surface area contributed by atoms with E-state index >= 15 is 0 Å². The second-order valence-electron chi connectivity index (χ2n) is 4.52. The van der Waals surface area contributed by atoms with Gasteiger partial charge in [-0.15, -0.1) is 0 Å². The number of hydrogen-bond donors (Lipinski definition) is 2. The topological polar surface area (TPSA) is 41.1 Å². The standard InChI is InChI=1S/C9H20N2OS/c1-9(2,3)13(12)11-7-8-5-4-6-10-8/h8,10-11H,4-7H2,1-3H3/t8-,13?/m0/s1. The molecule has 1 heterocycles. The Morgan fingerprint density at radius 3 is 2.69 bits per heavy atom. The van der Waals surface area contributed by atoms with Crippen LogP contribution in [0.4, 0.5) is 0 Å². The molecule has 0 aromatic carbocycles. The molecule has 3 nitrogen and oxygen atoms in total. The summed E-state index contributed by atoms with van der Waals surface area (Å²) in [5.74, 6) is 0. The summed E-state index contributed by atoms with van der Waals surface area (Å²) in [7, 11) is -0.923. The van der Waals surface area contributed by atoms with Crippen molar-refractivity contribution >= 4 is 11.0 Å². The van der Waals surface area contributed by atoms with E-state index in [1.807, 2.05) is 20.8 Å². The first kappa shape index (κ1) is 11.1. The maximum Gasteiger partial charge on any atom is 0.0970 e. The first-order chi connectivity index (χ1) is 6.00. The van der Waals surface area contributed by atoms with E-state index in [9.17, 15) is 4.21 Å². The smallest absolute Gasteiger partial charge is 0.0970 e. The zero-order chi connectivity index (χ0) is 9.90. The van der Waals surface area contributed by atoms with Gasteiger partial charge in [-0.25, -0.2) is 8.93 Å². The summed E-state index contributed by atoms with van der Waals surface area (Å²) in [6.07, 6.45) is 2.45. The average Bonchev–Trinajstić information content (AvgIpc) is 2.50.